The van der Waals surface area contributed by atoms with Gasteiger partial charge in [0.25, 0.3) is 0 Å². The number of aromatic nitrogens is 8. The van der Waals surface area contributed by atoms with E-state index >= 15 is 0 Å². The van der Waals surface area contributed by atoms with Crippen molar-refractivity contribution < 1.29 is 12.3 Å². The van der Waals surface area contributed by atoms with Gasteiger partial charge in [0.1, 0.15) is 14.5 Å². The van der Waals surface area contributed by atoms with Crippen molar-refractivity contribution in [2.75, 3.05) is 25.7 Å². The Morgan fingerprint density at radius 1 is 1.00 bits per heavy atom. The molecule has 0 aliphatic carbocycles. The van der Waals surface area contributed by atoms with Crippen molar-refractivity contribution in [2.45, 2.75) is 0 Å². The first kappa shape index (κ1) is 16.9. The Kier molecular flexibility index (Phi) is 4.64. The van der Waals surface area contributed by atoms with Crippen molar-refractivity contribution >= 4 is 56.6 Å². The fourth-order valence-corrected chi connectivity index (χ4v) is 2.60. The fraction of sp³-hybridized carbons (Fsp3) is 0.167. The molecule has 4 aromatic heterocycles. The number of methoxy groups -OCH3 is 2. The molecule has 6 N–H and O–H groups in total. The molecule has 0 spiro atoms. The minimum absolute atomic E-state index is 0. The summed E-state index contributed by atoms with van der Waals surface area (Å²) in [7, 11) is 3.05. The van der Waals surface area contributed by atoms with E-state index in [0.29, 0.717) is 23.1 Å². The summed E-state index contributed by atoms with van der Waals surface area (Å²) < 4.78 is 10.9. The predicted molar refractivity (Wildman–Crippen MR) is 102 cm³/mol. The maximum absolute atomic E-state index is 5.45. The third-order valence-electron chi connectivity index (χ3n) is 3.03. The number of hydrogen-bond acceptors (Lipinski definition) is 10. The number of ether oxygens (including phenoxy) is 2. The second kappa shape index (κ2) is 6.88. The smallest absolute Gasteiger partial charge is 0.230 e. The SMILES string of the molecule is COc1nc(N)nc2[nH]ncc12.COc1nc(N)nc2n[nH]c(I)c12.[HH].[HH]. The highest BCUT2D eigenvalue weighted by Crippen LogP contribution is 2.25. The number of aromatic amines is 2. The van der Waals surface area contributed by atoms with Gasteiger partial charge in [-0.05, 0) is 22.6 Å². The molecule has 0 aromatic carbocycles. The maximum atomic E-state index is 5.45. The molecule has 4 heterocycles. The number of halogens is 1. The highest BCUT2D eigenvalue weighted by atomic mass is 127. The second-order valence-corrected chi connectivity index (χ2v) is 5.63. The molecule has 0 fully saturated rings. The van der Waals surface area contributed by atoms with E-state index < -0.39 is 0 Å². The Morgan fingerprint density at radius 2 is 1.68 bits per heavy atom. The van der Waals surface area contributed by atoms with Gasteiger partial charge in [0.05, 0.1) is 20.4 Å². The highest BCUT2D eigenvalue weighted by Gasteiger charge is 2.12. The lowest BCUT2D eigenvalue weighted by atomic mass is 10.4. The zero-order valence-corrected chi connectivity index (χ0v) is 15.3. The maximum Gasteiger partial charge on any atom is 0.230 e. The highest BCUT2D eigenvalue weighted by molar-refractivity contribution is 14.1. The van der Waals surface area contributed by atoms with Gasteiger partial charge >= 0.3 is 0 Å². The van der Waals surface area contributed by atoms with Crippen molar-refractivity contribution in [3.8, 4) is 11.8 Å². The molecule has 0 aliphatic heterocycles. The van der Waals surface area contributed by atoms with Gasteiger partial charge in [0, 0.05) is 2.85 Å². The van der Waals surface area contributed by atoms with Crippen LogP contribution in [0.4, 0.5) is 11.9 Å². The summed E-state index contributed by atoms with van der Waals surface area (Å²) in [6, 6.07) is 0. The van der Waals surface area contributed by atoms with E-state index in [1.54, 1.807) is 6.20 Å². The van der Waals surface area contributed by atoms with Crippen molar-refractivity contribution in [1.29, 1.82) is 0 Å². The molecule has 13 heteroatoms. The first-order valence-corrected chi connectivity index (χ1v) is 7.83. The number of nitrogens with one attached hydrogen (secondary N) is 2. The van der Waals surface area contributed by atoms with E-state index in [1.165, 1.54) is 14.2 Å². The topological polar surface area (TPSA) is 179 Å². The Balaban J connectivity index is 0.000000252. The number of nitrogens with two attached hydrogens (primary N) is 2. The Hall–Kier alpha value is -2.97. The van der Waals surface area contributed by atoms with Crippen LogP contribution in [0.1, 0.15) is 2.85 Å². The van der Waals surface area contributed by atoms with Gasteiger partial charge in [-0.15, -0.1) is 0 Å². The van der Waals surface area contributed by atoms with Crippen LogP contribution in [0.3, 0.4) is 0 Å². The molecule has 134 valence electrons. The van der Waals surface area contributed by atoms with E-state index in [4.69, 9.17) is 20.9 Å². The average Bonchev–Trinajstić information content (AvgIpc) is 3.20. The van der Waals surface area contributed by atoms with Gasteiger partial charge in [0.15, 0.2) is 11.3 Å². The number of anilines is 2. The molecule has 0 atom stereocenters. The number of fused-ring (bicyclic) bond motifs is 2. The third kappa shape index (κ3) is 3.30. The summed E-state index contributed by atoms with van der Waals surface area (Å²) >= 11 is 2.10. The van der Waals surface area contributed by atoms with Crippen LogP contribution in [-0.4, -0.2) is 54.6 Å². The fourth-order valence-electron chi connectivity index (χ4n) is 2.00. The quantitative estimate of drug-likeness (QED) is 0.315. The first-order valence-electron chi connectivity index (χ1n) is 6.75. The van der Waals surface area contributed by atoms with Crippen LogP contribution >= 0.6 is 22.6 Å². The summed E-state index contributed by atoms with van der Waals surface area (Å²) in [5.41, 5.74) is 12.0. The van der Waals surface area contributed by atoms with Crippen LogP contribution in [-0.2, 0) is 0 Å². The lowest BCUT2D eigenvalue weighted by Gasteiger charge is -1.99. The van der Waals surface area contributed by atoms with Crippen LogP contribution in [0.15, 0.2) is 6.20 Å². The lowest BCUT2D eigenvalue weighted by molar-refractivity contribution is 0.403. The Morgan fingerprint density at radius 3 is 2.40 bits per heavy atom. The Labute approximate surface area is 156 Å². The minimum atomic E-state index is 0. The summed E-state index contributed by atoms with van der Waals surface area (Å²) in [6.45, 7) is 0. The number of nitrogens with zero attached hydrogens (tertiary/aromatic N) is 6. The van der Waals surface area contributed by atoms with Gasteiger partial charge in [0.2, 0.25) is 23.7 Å². The van der Waals surface area contributed by atoms with Crippen molar-refractivity contribution in [2.24, 2.45) is 0 Å². The van der Waals surface area contributed by atoms with Crippen molar-refractivity contribution in [3.63, 3.8) is 0 Å². The normalized spacial score (nSPS) is 10.5. The number of hydrogen-bond donors (Lipinski definition) is 4. The lowest BCUT2D eigenvalue weighted by Crippen LogP contribution is -1.98. The van der Waals surface area contributed by atoms with E-state index in [1.807, 2.05) is 0 Å². The molecule has 0 saturated carbocycles. The molecule has 4 rings (SSSR count). The number of H-pyrrole nitrogens is 2. The molecule has 4 aromatic rings. The van der Waals surface area contributed by atoms with Crippen molar-refractivity contribution in [1.82, 2.24) is 40.3 Å². The minimum Gasteiger partial charge on any atom is -0.480 e. The van der Waals surface area contributed by atoms with E-state index in [0.717, 1.165) is 14.5 Å². The summed E-state index contributed by atoms with van der Waals surface area (Å²) in [5, 5.41) is 14.7. The molecule has 0 saturated heterocycles. The van der Waals surface area contributed by atoms with E-state index in [-0.39, 0.29) is 14.7 Å². The molecular weight excluding hydrogens is 443 g/mol. The molecule has 0 unspecified atom stereocenters. The Bertz CT molecular complexity index is 1040. The van der Waals surface area contributed by atoms with Crippen LogP contribution < -0.4 is 20.9 Å². The van der Waals surface area contributed by atoms with Crippen LogP contribution in [0, 0.1) is 3.70 Å². The zero-order valence-electron chi connectivity index (χ0n) is 13.1. The van der Waals surface area contributed by atoms with Gasteiger partial charge in [-0.25, -0.2) is 0 Å². The van der Waals surface area contributed by atoms with Crippen molar-refractivity contribution in [3.05, 3.63) is 9.90 Å². The molecule has 0 radical (unpaired) electrons. The van der Waals surface area contributed by atoms with Gasteiger partial charge in [-0.3, -0.25) is 10.2 Å². The van der Waals surface area contributed by atoms with Crippen LogP contribution in [0.5, 0.6) is 11.8 Å². The van der Waals surface area contributed by atoms with Crippen LogP contribution in [0.2, 0.25) is 0 Å². The number of rotatable bonds is 2. The summed E-state index contributed by atoms with van der Waals surface area (Å²) in [5.74, 6) is 1.21. The van der Waals surface area contributed by atoms with Gasteiger partial charge < -0.3 is 20.9 Å². The standard InChI is InChI=1S/C6H6IN5O.C6H7N5O.2H2/c1-13-5-2-3(7)11-12-4(2)9-6(8)10-5;1-12-5-3-2-8-11-4(3)9-6(7)10-5;;/h1H3,(H3,8,9,10,11,12);2H,1H3,(H3,7,8,9,10,11);2*1H. The average molecular weight is 460 g/mol. The molecular formula is C12H17IN10O2. The summed E-state index contributed by atoms with van der Waals surface area (Å²) in [4.78, 5) is 15.7. The largest absolute Gasteiger partial charge is 0.480 e. The molecule has 0 bridgehead atoms. The van der Waals surface area contributed by atoms with Gasteiger partial charge in [-0.1, -0.05) is 0 Å². The molecule has 25 heavy (non-hydrogen) atoms. The van der Waals surface area contributed by atoms with Crippen LogP contribution in [0.25, 0.3) is 22.1 Å². The van der Waals surface area contributed by atoms with E-state index in [2.05, 4.69) is 62.9 Å². The predicted octanol–water partition coefficient (Wildman–Crippen LogP) is 0.984. The second-order valence-electron chi connectivity index (χ2n) is 4.55. The number of nitrogen functional groups attached to an aromatic ring is 2. The summed E-state index contributed by atoms with van der Waals surface area (Å²) in [6.07, 6.45) is 1.59. The zero-order chi connectivity index (χ0) is 18.0. The molecule has 12 nitrogen and oxygen atoms in total. The first-order chi connectivity index (χ1) is 12.0. The van der Waals surface area contributed by atoms with E-state index in [9.17, 15) is 0 Å². The monoisotopic (exact) mass is 460 g/mol. The molecule has 0 aliphatic rings. The molecule has 0 amide bonds. The van der Waals surface area contributed by atoms with Gasteiger partial charge in [-0.2, -0.15) is 30.1 Å². The third-order valence-corrected chi connectivity index (χ3v) is 3.81.